The molecule has 0 aromatic heterocycles. The highest BCUT2D eigenvalue weighted by Gasteiger charge is 2.02. The van der Waals surface area contributed by atoms with Gasteiger partial charge in [-0.05, 0) is 12.1 Å². The Bertz CT molecular complexity index is 308. The van der Waals surface area contributed by atoms with Gasteiger partial charge in [0.2, 0.25) is 0 Å². The Labute approximate surface area is 99.9 Å². The van der Waals surface area contributed by atoms with E-state index in [4.69, 9.17) is 17.3 Å². The third-order valence-corrected chi connectivity index (χ3v) is 3.11. The molecule has 0 bridgehead atoms. The molecule has 3 N–H and O–H groups in total. The van der Waals surface area contributed by atoms with Gasteiger partial charge in [-0.15, -0.1) is 6.58 Å². The molecular weight excluding hydrogens is 228 g/mol. The molecule has 0 atom stereocenters. The monoisotopic (exact) mass is 242 g/mol. The minimum absolute atomic E-state index is 0.670. The van der Waals surface area contributed by atoms with Crippen molar-refractivity contribution in [3.63, 3.8) is 0 Å². The van der Waals surface area contributed by atoms with E-state index in [0.29, 0.717) is 10.7 Å². The van der Waals surface area contributed by atoms with Gasteiger partial charge in [-0.3, -0.25) is 0 Å². The van der Waals surface area contributed by atoms with Crippen LogP contribution in [0.5, 0.6) is 0 Å². The number of nitrogens with one attached hydrogen (secondary N) is 1. The first-order chi connectivity index (χ1) is 7.25. The summed E-state index contributed by atoms with van der Waals surface area (Å²) in [7, 11) is 0. The summed E-state index contributed by atoms with van der Waals surface area (Å²) in [6, 6.07) is 5.51. The molecule has 1 rings (SSSR count). The van der Waals surface area contributed by atoms with E-state index >= 15 is 0 Å². The molecule has 0 aliphatic rings. The van der Waals surface area contributed by atoms with Crippen molar-refractivity contribution in [3.05, 3.63) is 35.9 Å². The number of hydrogen-bond donors (Lipinski definition) is 2. The Morgan fingerprint density at radius 1 is 1.53 bits per heavy atom. The number of nitrogens with two attached hydrogens (primary N) is 1. The largest absolute Gasteiger partial charge is 0.397 e. The first kappa shape index (κ1) is 12.3. The van der Waals surface area contributed by atoms with Gasteiger partial charge in [0.05, 0.1) is 16.4 Å². The van der Waals surface area contributed by atoms with Crippen molar-refractivity contribution in [1.82, 2.24) is 0 Å². The molecule has 4 heteroatoms. The molecule has 0 fully saturated rings. The lowest BCUT2D eigenvalue weighted by Crippen LogP contribution is -2.06. The number of rotatable bonds is 6. The molecule has 0 heterocycles. The molecule has 0 saturated carbocycles. The summed E-state index contributed by atoms with van der Waals surface area (Å²) in [5.41, 5.74) is 7.32. The summed E-state index contributed by atoms with van der Waals surface area (Å²) < 4.78 is 0. The van der Waals surface area contributed by atoms with E-state index in [1.807, 2.05) is 36.0 Å². The smallest absolute Gasteiger partial charge is 0.0763 e. The molecule has 0 radical (unpaired) electrons. The lowest BCUT2D eigenvalue weighted by atomic mass is 10.2. The second-order valence-electron chi connectivity index (χ2n) is 2.99. The van der Waals surface area contributed by atoms with Crippen molar-refractivity contribution < 1.29 is 0 Å². The Morgan fingerprint density at radius 3 is 3.00 bits per heavy atom. The molecule has 82 valence electrons. The fourth-order valence-electron chi connectivity index (χ4n) is 1.14. The number of hydrogen-bond acceptors (Lipinski definition) is 3. The molecule has 2 nitrogen and oxygen atoms in total. The van der Waals surface area contributed by atoms with E-state index in [1.54, 1.807) is 0 Å². The van der Waals surface area contributed by atoms with Gasteiger partial charge in [-0.1, -0.05) is 23.7 Å². The van der Waals surface area contributed by atoms with E-state index in [0.717, 1.165) is 23.7 Å². The summed E-state index contributed by atoms with van der Waals surface area (Å²) in [5, 5.41) is 3.90. The quantitative estimate of drug-likeness (QED) is 0.457. The van der Waals surface area contributed by atoms with Crippen LogP contribution in [0.3, 0.4) is 0 Å². The highest BCUT2D eigenvalue weighted by atomic mass is 35.5. The van der Waals surface area contributed by atoms with Crippen LogP contribution in [0.1, 0.15) is 0 Å². The lowest BCUT2D eigenvalue weighted by molar-refractivity contribution is 1.23. The van der Waals surface area contributed by atoms with Crippen molar-refractivity contribution in [3.8, 4) is 0 Å². The fraction of sp³-hybridized carbons (Fsp3) is 0.273. The van der Waals surface area contributed by atoms with Crippen molar-refractivity contribution in [2.75, 3.05) is 29.1 Å². The number of halogens is 1. The van der Waals surface area contributed by atoms with Gasteiger partial charge in [0, 0.05) is 18.1 Å². The van der Waals surface area contributed by atoms with Crippen LogP contribution in [-0.4, -0.2) is 18.1 Å². The van der Waals surface area contributed by atoms with Crippen molar-refractivity contribution in [2.24, 2.45) is 0 Å². The van der Waals surface area contributed by atoms with Crippen molar-refractivity contribution in [2.45, 2.75) is 0 Å². The molecule has 0 unspecified atom stereocenters. The number of para-hydroxylation sites is 1. The molecule has 0 saturated heterocycles. The van der Waals surface area contributed by atoms with Crippen LogP contribution in [-0.2, 0) is 0 Å². The molecule has 1 aromatic rings. The maximum Gasteiger partial charge on any atom is 0.0763 e. The summed E-state index contributed by atoms with van der Waals surface area (Å²) in [5.74, 6) is 1.98. The third-order valence-electron chi connectivity index (χ3n) is 1.83. The van der Waals surface area contributed by atoms with Crippen LogP contribution in [0, 0.1) is 0 Å². The minimum Gasteiger partial charge on any atom is -0.397 e. The first-order valence-corrected chi connectivity index (χ1v) is 6.25. The molecular formula is C11H15ClN2S. The highest BCUT2D eigenvalue weighted by Crippen LogP contribution is 2.27. The minimum atomic E-state index is 0.670. The zero-order chi connectivity index (χ0) is 11.1. The lowest BCUT2D eigenvalue weighted by Gasteiger charge is -2.10. The summed E-state index contributed by atoms with van der Waals surface area (Å²) in [6.45, 7) is 4.52. The molecule has 1 aromatic carbocycles. The normalized spacial score (nSPS) is 9.93. The third kappa shape index (κ3) is 4.06. The molecule has 0 spiro atoms. The van der Waals surface area contributed by atoms with Gasteiger partial charge in [0.15, 0.2) is 0 Å². The summed E-state index contributed by atoms with van der Waals surface area (Å²) in [4.78, 5) is 0. The van der Waals surface area contributed by atoms with Crippen LogP contribution >= 0.6 is 23.4 Å². The topological polar surface area (TPSA) is 38.0 Å². The summed E-state index contributed by atoms with van der Waals surface area (Å²) in [6.07, 6.45) is 1.90. The second kappa shape index (κ2) is 6.64. The Morgan fingerprint density at radius 2 is 2.33 bits per heavy atom. The molecule has 0 aliphatic heterocycles. The van der Waals surface area contributed by atoms with Gasteiger partial charge in [-0.25, -0.2) is 0 Å². The Kier molecular flexibility index (Phi) is 5.43. The average molecular weight is 243 g/mol. The highest BCUT2D eigenvalue weighted by molar-refractivity contribution is 7.99. The van der Waals surface area contributed by atoms with Gasteiger partial charge >= 0.3 is 0 Å². The number of benzene rings is 1. The van der Waals surface area contributed by atoms with E-state index in [1.165, 1.54) is 0 Å². The van der Waals surface area contributed by atoms with Gasteiger partial charge < -0.3 is 11.1 Å². The Balaban J connectivity index is 2.40. The number of thioether (sulfide) groups is 1. The summed E-state index contributed by atoms with van der Waals surface area (Å²) >= 11 is 7.82. The predicted octanol–water partition coefficient (Wildman–Crippen LogP) is 3.25. The van der Waals surface area contributed by atoms with E-state index in [2.05, 4.69) is 11.9 Å². The first-order valence-electron chi connectivity index (χ1n) is 4.72. The van der Waals surface area contributed by atoms with Crippen LogP contribution in [0.25, 0.3) is 0 Å². The molecule has 15 heavy (non-hydrogen) atoms. The fourth-order valence-corrected chi connectivity index (χ4v) is 1.97. The van der Waals surface area contributed by atoms with Crippen LogP contribution in [0.4, 0.5) is 11.4 Å². The van der Waals surface area contributed by atoms with Crippen molar-refractivity contribution in [1.29, 1.82) is 0 Å². The molecule has 0 aliphatic carbocycles. The van der Waals surface area contributed by atoms with Crippen LogP contribution in [0.15, 0.2) is 30.9 Å². The molecule has 0 amide bonds. The maximum atomic E-state index is 6.00. The maximum absolute atomic E-state index is 6.00. The standard InChI is InChI=1S/C11H15ClN2S/c1-2-7-15-8-6-14-11-9(12)4-3-5-10(11)13/h2-5,14H,1,6-8,13H2. The number of anilines is 2. The van der Waals surface area contributed by atoms with E-state index in [9.17, 15) is 0 Å². The van der Waals surface area contributed by atoms with E-state index < -0.39 is 0 Å². The van der Waals surface area contributed by atoms with Gasteiger partial charge in [0.25, 0.3) is 0 Å². The predicted molar refractivity (Wildman–Crippen MR) is 71.9 cm³/mol. The van der Waals surface area contributed by atoms with Gasteiger partial charge in [0.1, 0.15) is 0 Å². The second-order valence-corrected chi connectivity index (χ2v) is 4.55. The SMILES string of the molecule is C=CCSCCNc1c(N)cccc1Cl. The average Bonchev–Trinajstić information content (AvgIpc) is 2.21. The van der Waals surface area contributed by atoms with E-state index in [-0.39, 0.29) is 0 Å². The van der Waals surface area contributed by atoms with Crippen LogP contribution in [0.2, 0.25) is 5.02 Å². The van der Waals surface area contributed by atoms with Gasteiger partial charge in [-0.2, -0.15) is 11.8 Å². The zero-order valence-electron chi connectivity index (χ0n) is 8.50. The van der Waals surface area contributed by atoms with Crippen LogP contribution < -0.4 is 11.1 Å². The zero-order valence-corrected chi connectivity index (χ0v) is 10.1. The Hall–Kier alpha value is -0.800. The van der Waals surface area contributed by atoms with Crippen molar-refractivity contribution >= 4 is 34.7 Å². The number of nitrogen functional groups attached to an aromatic ring is 1.